The number of rotatable bonds is 5. The van der Waals surface area contributed by atoms with Gasteiger partial charge in [-0.2, -0.15) is 0 Å². The molecule has 0 spiro atoms. The van der Waals surface area contributed by atoms with Crippen LogP contribution in [0.2, 0.25) is 0 Å². The first-order valence-corrected chi connectivity index (χ1v) is 9.95. The molecule has 0 bridgehead atoms. The second kappa shape index (κ2) is 7.13. The molecule has 1 aromatic heterocycles. The van der Waals surface area contributed by atoms with Crippen molar-refractivity contribution in [3.63, 3.8) is 0 Å². The maximum Gasteiger partial charge on any atom is 0.251 e. The molecule has 0 aliphatic rings. The predicted octanol–water partition coefficient (Wildman–Crippen LogP) is 2.97. The summed E-state index contributed by atoms with van der Waals surface area (Å²) in [5, 5.41) is 2.83. The minimum atomic E-state index is -3.37. The fraction of sp³-hybridized carbons (Fsp3) is 0.158. The van der Waals surface area contributed by atoms with Crippen molar-refractivity contribution in [3.05, 3.63) is 72.2 Å². The summed E-state index contributed by atoms with van der Waals surface area (Å²) in [4.78, 5) is 20.1. The van der Waals surface area contributed by atoms with Gasteiger partial charge in [-0.25, -0.2) is 13.4 Å². The van der Waals surface area contributed by atoms with Crippen LogP contribution in [0.5, 0.6) is 0 Å². The zero-order valence-corrected chi connectivity index (χ0v) is 15.2. The normalized spacial score (nSPS) is 12.5. The number of benzene rings is 2. The largest absolute Gasteiger partial charge is 0.342 e. The van der Waals surface area contributed by atoms with Gasteiger partial charge in [0.05, 0.1) is 22.8 Å². The third-order valence-corrected chi connectivity index (χ3v) is 5.07. The number of imidazole rings is 1. The lowest BCUT2D eigenvalue weighted by atomic mass is 10.2. The molecular formula is C19H19N3O3S. The van der Waals surface area contributed by atoms with Gasteiger partial charge in [-0.1, -0.05) is 36.4 Å². The van der Waals surface area contributed by atoms with Crippen molar-refractivity contribution in [1.29, 1.82) is 0 Å². The van der Waals surface area contributed by atoms with Gasteiger partial charge in [-0.05, 0) is 30.7 Å². The molecule has 0 saturated carbocycles. The van der Waals surface area contributed by atoms with Crippen molar-refractivity contribution in [3.8, 4) is 11.3 Å². The Morgan fingerprint density at radius 3 is 2.54 bits per heavy atom. The number of hydrogen-bond acceptors (Lipinski definition) is 4. The highest BCUT2D eigenvalue weighted by Gasteiger charge is 2.16. The number of nitrogens with one attached hydrogen (secondary N) is 2. The summed E-state index contributed by atoms with van der Waals surface area (Å²) in [6.45, 7) is 1.81. The number of nitrogens with zero attached hydrogens (tertiary/aromatic N) is 1. The number of carbonyl (C=O) groups excluding carboxylic acids is 1. The summed E-state index contributed by atoms with van der Waals surface area (Å²) in [5.41, 5.74) is 2.15. The van der Waals surface area contributed by atoms with E-state index in [4.69, 9.17) is 0 Å². The van der Waals surface area contributed by atoms with Crippen LogP contribution in [0, 0.1) is 0 Å². The van der Waals surface area contributed by atoms with Gasteiger partial charge in [0, 0.05) is 11.8 Å². The van der Waals surface area contributed by atoms with E-state index in [1.807, 2.05) is 37.3 Å². The monoisotopic (exact) mass is 369 g/mol. The molecular weight excluding hydrogens is 350 g/mol. The Morgan fingerprint density at radius 2 is 1.85 bits per heavy atom. The van der Waals surface area contributed by atoms with E-state index < -0.39 is 9.84 Å². The van der Waals surface area contributed by atoms with E-state index >= 15 is 0 Å². The Labute approximate surface area is 152 Å². The van der Waals surface area contributed by atoms with Crippen LogP contribution in [0.1, 0.15) is 29.1 Å². The number of aromatic nitrogens is 2. The van der Waals surface area contributed by atoms with Crippen molar-refractivity contribution < 1.29 is 13.2 Å². The number of sulfone groups is 1. The first-order chi connectivity index (χ1) is 12.3. The van der Waals surface area contributed by atoms with Gasteiger partial charge in [-0.15, -0.1) is 0 Å². The molecule has 3 rings (SSSR count). The molecule has 3 aromatic rings. The molecule has 7 heteroatoms. The van der Waals surface area contributed by atoms with Crippen molar-refractivity contribution in [2.45, 2.75) is 17.9 Å². The second-order valence-corrected chi connectivity index (χ2v) is 8.06. The molecule has 0 aliphatic carbocycles. The summed E-state index contributed by atoms with van der Waals surface area (Å²) >= 11 is 0. The predicted molar refractivity (Wildman–Crippen MR) is 99.5 cm³/mol. The average Bonchev–Trinajstić information content (AvgIpc) is 3.12. The van der Waals surface area contributed by atoms with Gasteiger partial charge < -0.3 is 10.3 Å². The first-order valence-electron chi connectivity index (χ1n) is 8.06. The maximum absolute atomic E-state index is 12.4. The van der Waals surface area contributed by atoms with Crippen molar-refractivity contribution >= 4 is 15.7 Å². The SMILES string of the molecule is CC(NC(=O)c1cccc(S(C)(=O)=O)c1)c1ncc(-c2ccccc2)[nH]1. The quantitative estimate of drug-likeness (QED) is 0.723. The molecule has 1 unspecified atom stereocenters. The van der Waals surface area contributed by atoms with E-state index in [2.05, 4.69) is 15.3 Å². The topological polar surface area (TPSA) is 91.9 Å². The van der Waals surface area contributed by atoms with Gasteiger partial charge in [0.25, 0.3) is 5.91 Å². The molecule has 0 saturated heterocycles. The van der Waals surface area contributed by atoms with Crippen LogP contribution >= 0.6 is 0 Å². The number of aromatic amines is 1. The van der Waals surface area contributed by atoms with Crippen LogP contribution in [-0.4, -0.2) is 30.5 Å². The molecule has 1 heterocycles. The molecule has 2 aromatic carbocycles. The van der Waals surface area contributed by atoms with E-state index in [1.54, 1.807) is 18.3 Å². The summed E-state index contributed by atoms with van der Waals surface area (Å²) in [6, 6.07) is 15.4. The summed E-state index contributed by atoms with van der Waals surface area (Å²) in [6.07, 6.45) is 2.83. The summed E-state index contributed by atoms with van der Waals surface area (Å²) in [5.74, 6) is 0.261. The first kappa shape index (κ1) is 17.9. The lowest BCUT2D eigenvalue weighted by Crippen LogP contribution is -2.27. The lowest BCUT2D eigenvalue weighted by Gasteiger charge is -2.12. The fourth-order valence-corrected chi connectivity index (χ4v) is 3.20. The lowest BCUT2D eigenvalue weighted by molar-refractivity contribution is 0.0938. The van der Waals surface area contributed by atoms with Gasteiger partial charge in [0.15, 0.2) is 9.84 Å². The molecule has 0 aliphatic heterocycles. The number of H-pyrrole nitrogens is 1. The number of hydrogen-bond donors (Lipinski definition) is 2. The highest BCUT2D eigenvalue weighted by atomic mass is 32.2. The number of amides is 1. The second-order valence-electron chi connectivity index (χ2n) is 6.04. The fourth-order valence-electron chi connectivity index (χ4n) is 2.54. The van der Waals surface area contributed by atoms with E-state index in [0.29, 0.717) is 5.82 Å². The molecule has 26 heavy (non-hydrogen) atoms. The van der Waals surface area contributed by atoms with E-state index in [-0.39, 0.29) is 22.4 Å². The van der Waals surface area contributed by atoms with Crippen molar-refractivity contribution in [1.82, 2.24) is 15.3 Å². The molecule has 6 nitrogen and oxygen atoms in total. The smallest absolute Gasteiger partial charge is 0.251 e. The molecule has 1 atom stereocenters. The van der Waals surface area contributed by atoms with E-state index in [1.165, 1.54) is 12.1 Å². The molecule has 2 N–H and O–H groups in total. The van der Waals surface area contributed by atoms with E-state index in [0.717, 1.165) is 17.5 Å². The third-order valence-electron chi connectivity index (χ3n) is 3.96. The van der Waals surface area contributed by atoms with Gasteiger partial charge in [0.2, 0.25) is 0 Å². The minimum absolute atomic E-state index is 0.113. The Balaban J connectivity index is 1.75. The standard InChI is InChI=1S/C19H19N3O3S/c1-13(18-20-12-17(22-18)14-7-4-3-5-8-14)21-19(23)15-9-6-10-16(11-15)26(2,24)25/h3-13H,1-2H3,(H,20,22)(H,21,23). The highest BCUT2D eigenvalue weighted by molar-refractivity contribution is 7.90. The highest BCUT2D eigenvalue weighted by Crippen LogP contribution is 2.19. The zero-order chi connectivity index (χ0) is 18.7. The van der Waals surface area contributed by atoms with E-state index in [9.17, 15) is 13.2 Å². The molecule has 134 valence electrons. The summed E-state index contributed by atoms with van der Waals surface area (Å²) in [7, 11) is -3.37. The third kappa shape index (κ3) is 4.00. The van der Waals surface area contributed by atoms with Gasteiger partial charge >= 0.3 is 0 Å². The maximum atomic E-state index is 12.4. The Hall–Kier alpha value is -2.93. The summed E-state index contributed by atoms with van der Waals surface area (Å²) < 4.78 is 23.3. The zero-order valence-electron chi connectivity index (χ0n) is 14.4. The number of carbonyl (C=O) groups is 1. The Kier molecular flexibility index (Phi) is 4.90. The van der Waals surface area contributed by atoms with Crippen LogP contribution in [0.15, 0.2) is 65.7 Å². The van der Waals surface area contributed by atoms with Crippen LogP contribution in [0.4, 0.5) is 0 Å². The van der Waals surface area contributed by atoms with Crippen molar-refractivity contribution in [2.75, 3.05) is 6.26 Å². The van der Waals surface area contributed by atoms with Crippen molar-refractivity contribution in [2.24, 2.45) is 0 Å². The molecule has 0 fully saturated rings. The van der Waals surface area contributed by atoms with Gasteiger partial charge in [-0.3, -0.25) is 4.79 Å². The average molecular weight is 369 g/mol. The molecule has 0 radical (unpaired) electrons. The van der Waals surface area contributed by atoms with Crippen LogP contribution in [0.25, 0.3) is 11.3 Å². The van der Waals surface area contributed by atoms with Gasteiger partial charge in [0.1, 0.15) is 5.82 Å². The Morgan fingerprint density at radius 1 is 1.12 bits per heavy atom. The van der Waals surface area contributed by atoms with Crippen LogP contribution in [-0.2, 0) is 9.84 Å². The molecule has 1 amide bonds. The van der Waals surface area contributed by atoms with Crippen LogP contribution in [0.3, 0.4) is 0 Å². The van der Waals surface area contributed by atoms with Crippen LogP contribution < -0.4 is 5.32 Å². The Bertz CT molecular complexity index is 1030. The minimum Gasteiger partial charge on any atom is -0.342 e.